The number of rotatable bonds is 2. The number of esters is 1. The quantitative estimate of drug-likeness (QED) is 0.251. The van der Waals surface area contributed by atoms with Crippen LogP contribution in [0.3, 0.4) is 0 Å². The number of Topliss-reactive ketones (excluding diaryl/α,β-unsaturated/α-hetero) is 1. The number of cyclic esters (lactones) is 1. The second-order valence-corrected chi connectivity index (χ2v) is 3.41. The fourth-order valence-electron chi connectivity index (χ4n) is 1.43. The van der Waals surface area contributed by atoms with Gasteiger partial charge in [-0.15, -0.1) is 0 Å². The molecule has 6 heteroatoms. The van der Waals surface area contributed by atoms with E-state index in [1.807, 2.05) is 0 Å². The summed E-state index contributed by atoms with van der Waals surface area (Å²) < 4.78 is 4.54. The van der Waals surface area contributed by atoms with Crippen molar-refractivity contribution in [3.8, 4) is 0 Å². The van der Waals surface area contributed by atoms with Gasteiger partial charge in [-0.25, -0.2) is 4.79 Å². The highest BCUT2D eigenvalue weighted by Gasteiger charge is 2.27. The van der Waals surface area contributed by atoms with Crippen molar-refractivity contribution in [1.29, 1.82) is 0 Å². The van der Waals surface area contributed by atoms with Crippen molar-refractivity contribution in [2.24, 2.45) is 0 Å². The summed E-state index contributed by atoms with van der Waals surface area (Å²) in [4.78, 5) is 32.4. The summed E-state index contributed by atoms with van der Waals surface area (Å²) in [5.74, 6) is -1.11. The van der Waals surface area contributed by atoms with Gasteiger partial charge in [-0.05, 0) is 11.6 Å². The van der Waals surface area contributed by atoms with Gasteiger partial charge in [0.25, 0.3) is 5.69 Å². The lowest BCUT2D eigenvalue weighted by Gasteiger charge is -1.95. The number of nitro benzene ring substituents is 1. The molecule has 1 heterocycles. The molecular weight excluding hydrogens is 226 g/mol. The van der Waals surface area contributed by atoms with E-state index in [0.717, 1.165) is 0 Å². The van der Waals surface area contributed by atoms with Crippen LogP contribution in [0.15, 0.2) is 29.8 Å². The van der Waals surface area contributed by atoms with Crippen molar-refractivity contribution in [1.82, 2.24) is 0 Å². The molecule has 0 aliphatic carbocycles. The highest BCUT2D eigenvalue weighted by atomic mass is 16.6. The third-order valence-corrected chi connectivity index (χ3v) is 2.25. The van der Waals surface area contributed by atoms with Crippen LogP contribution >= 0.6 is 0 Å². The lowest BCUT2D eigenvalue weighted by molar-refractivity contribution is -0.384. The molecule has 0 aromatic heterocycles. The monoisotopic (exact) mass is 233 g/mol. The zero-order valence-corrected chi connectivity index (χ0v) is 8.58. The Bertz CT molecular complexity index is 529. The summed E-state index contributed by atoms with van der Waals surface area (Å²) in [5, 5.41) is 10.5. The molecule has 2 rings (SSSR count). The standard InChI is InChI=1S/C11H7NO5/c13-10-6-17-11(14)9(10)5-7-2-1-3-8(4-7)12(15)16/h1-5H,6H2/b9-5-. The van der Waals surface area contributed by atoms with Crippen LogP contribution in [0, 0.1) is 10.1 Å². The van der Waals surface area contributed by atoms with E-state index in [0.29, 0.717) is 5.56 Å². The molecule has 0 spiro atoms. The number of nitrogens with zero attached hydrogens (tertiary/aromatic N) is 1. The zero-order chi connectivity index (χ0) is 12.4. The maximum absolute atomic E-state index is 11.3. The predicted molar refractivity (Wildman–Crippen MR) is 57.0 cm³/mol. The van der Waals surface area contributed by atoms with E-state index in [4.69, 9.17) is 0 Å². The third-order valence-electron chi connectivity index (χ3n) is 2.25. The zero-order valence-electron chi connectivity index (χ0n) is 8.58. The van der Waals surface area contributed by atoms with Crippen LogP contribution in [-0.4, -0.2) is 23.3 Å². The largest absolute Gasteiger partial charge is 0.454 e. The molecule has 0 saturated carbocycles. The fourth-order valence-corrected chi connectivity index (χ4v) is 1.43. The number of hydrogen-bond donors (Lipinski definition) is 0. The van der Waals surface area contributed by atoms with Crippen molar-refractivity contribution in [3.05, 3.63) is 45.5 Å². The van der Waals surface area contributed by atoms with Gasteiger partial charge in [-0.2, -0.15) is 0 Å². The minimum absolute atomic E-state index is 0.0782. The first-order valence-electron chi connectivity index (χ1n) is 4.74. The van der Waals surface area contributed by atoms with Crippen molar-refractivity contribution in [2.75, 3.05) is 6.61 Å². The number of hydrogen-bond acceptors (Lipinski definition) is 5. The van der Waals surface area contributed by atoms with Crippen LogP contribution in [0.2, 0.25) is 0 Å². The highest BCUT2D eigenvalue weighted by Crippen LogP contribution is 2.18. The molecule has 1 fully saturated rings. The Morgan fingerprint density at radius 3 is 2.71 bits per heavy atom. The fraction of sp³-hybridized carbons (Fsp3) is 0.0909. The van der Waals surface area contributed by atoms with E-state index in [1.54, 1.807) is 6.07 Å². The lowest BCUT2D eigenvalue weighted by Crippen LogP contribution is -2.00. The van der Waals surface area contributed by atoms with Crippen LogP contribution in [-0.2, 0) is 14.3 Å². The molecule has 0 N–H and O–H groups in total. The molecule has 0 atom stereocenters. The van der Waals surface area contributed by atoms with E-state index in [1.165, 1.54) is 24.3 Å². The number of ketones is 1. The molecule has 1 aromatic rings. The van der Waals surface area contributed by atoms with Crippen molar-refractivity contribution >= 4 is 23.5 Å². The maximum Gasteiger partial charge on any atom is 0.342 e. The first kappa shape index (κ1) is 11.0. The van der Waals surface area contributed by atoms with Gasteiger partial charge in [0.2, 0.25) is 5.78 Å². The normalized spacial score (nSPS) is 17.3. The second-order valence-electron chi connectivity index (χ2n) is 3.41. The van der Waals surface area contributed by atoms with Crippen molar-refractivity contribution < 1.29 is 19.2 Å². The number of non-ortho nitro benzene ring substituents is 1. The van der Waals surface area contributed by atoms with Crippen LogP contribution in [0.1, 0.15) is 5.56 Å². The summed E-state index contributed by atoms with van der Waals surface area (Å²) in [7, 11) is 0. The topological polar surface area (TPSA) is 86.5 Å². The SMILES string of the molecule is O=C1COC(=O)/C1=C\c1cccc([N+](=O)[O-])c1. The van der Waals surface area contributed by atoms with E-state index in [2.05, 4.69) is 4.74 Å². The molecule has 1 aliphatic heterocycles. The number of benzene rings is 1. The van der Waals surface area contributed by atoms with Gasteiger partial charge in [0, 0.05) is 12.1 Å². The molecule has 1 saturated heterocycles. The first-order valence-corrected chi connectivity index (χ1v) is 4.74. The summed E-state index contributed by atoms with van der Waals surface area (Å²) in [6.07, 6.45) is 1.30. The minimum atomic E-state index is -0.693. The highest BCUT2D eigenvalue weighted by molar-refractivity contribution is 6.24. The third kappa shape index (κ3) is 2.20. The molecule has 0 bridgehead atoms. The van der Waals surface area contributed by atoms with E-state index < -0.39 is 16.7 Å². The van der Waals surface area contributed by atoms with Gasteiger partial charge >= 0.3 is 5.97 Å². The number of nitro groups is 1. The van der Waals surface area contributed by atoms with Gasteiger partial charge in [0.05, 0.1) is 4.92 Å². The van der Waals surface area contributed by atoms with Crippen molar-refractivity contribution in [2.45, 2.75) is 0 Å². The predicted octanol–water partition coefficient (Wildman–Crippen LogP) is 1.10. The average Bonchev–Trinajstić information content (AvgIpc) is 2.61. The van der Waals surface area contributed by atoms with E-state index in [-0.39, 0.29) is 17.9 Å². The van der Waals surface area contributed by atoms with Gasteiger partial charge in [-0.1, -0.05) is 12.1 Å². The Hall–Kier alpha value is -2.50. The lowest BCUT2D eigenvalue weighted by atomic mass is 10.1. The van der Waals surface area contributed by atoms with Crippen LogP contribution in [0.25, 0.3) is 6.08 Å². The summed E-state index contributed by atoms with van der Waals surface area (Å²) in [6.45, 7) is -0.264. The smallest absolute Gasteiger partial charge is 0.342 e. The van der Waals surface area contributed by atoms with Gasteiger partial charge in [-0.3, -0.25) is 14.9 Å². The van der Waals surface area contributed by atoms with Gasteiger partial charge in [0.15, 0.2) is 6.61 Å². The number of ether oxygens (including phenoxy) is 1. The van der Waals surface area contributed by atoms with Crippen molar-refractivity contribution in [3.63, 3.8) is 0 Å². The number of carbonyl (C=O) groups excluding carboxylic acids is 2. The van der Waals surface area contributed by atoms with Gasteiger partial charge in [0.1, 0.15) is 5.57 Å². The van der Waals surface area contributed by atoms with E-state index in [9.17, 15) is 19.7 Å². The Labute approximate surface area is 95.7 Å². The summed E-state index contributed by atoms with van der Waals surface area (Å²) >= 11 is 0. The first-order chi connectivity index (χ1) is 8.08. The second kappa shape index (κ2) is 4.17. The Morgan fingerprint density at radius 1 is 1.35 bits per heavy atom. The molecule has 0 radical (unpaired) electrons. The van der Waals surface area contributed by atoms with E-state index >= 15 is 0 Å². The maximum atomic E-state index is 11.3. The summed E-state index contributed by atoms with van der Waals surface area (Å²) in [6, 6.07) is 5.66. The van der Waals surface area contributed by atoms with Crippen LogP contribution in [0.5, 0.6) is 0 Å². The molecule has 0 unspecified atom stereocenters. The summed E-state index contributed by atoms with van der Waals surface area (Å²) in [5.41, 5.74) is 0.241. The average molecular weight is 233 g/mol. The Kier molecular flexibility index (Phi) is 2.70. The molecule has 1 aromatic carbocycles. The van der Waals surface area contributed by atoms with Crippen LogP contribution in [0.4, 0.5) is 5.69 Å². The molecule has 0 amide bonds. The molecule has 17 heavy (non-hydrogen) atoms. The number of carbonyl (C=O) groups is 2. The Morgan fingerprint density at radius 2 is 2.12 bits per heavy atom. The molecular formula is C11H7NO5. The molecule has 86 valence electrons. The van der Waals surface area contributed by atoms with Crippen LogP contribution < -0.4 is 0 Å². The Balaban J connectivity index is 2.38. The minimum Gasteiger partial charge on any atom is -0.454 e. The van der Waals surface area contributed by atoms with Gasteiger partial charge < -0.3 is 4.74 Å². The molecule has 6 nitrogen and oxygen atoms in total. The molecule has 1 aliphatic rings.